The second-order valence-electron chi connectivity index (χ2n) is 6.01. The van der Waals surface area contributed by atoms with Gasteiger partial charge in [0.2, 0.25) is 0 Å². The third kappa shape index (κ3) is 3.86. The zero-order valence-electron chi connectivity index (χ0n) is 14.2. The first-order valence-electron chi connectivity index (χ1n) is 8.09. The largest absolute Gasteiger partial charge is 0.497 e. The molecule has 3 aromatic rings. The minimum Gasteiger partial charge on any atom is -0.497 e. The van der Waals surface area contributed by atoms with E-state index in [0.29, 0.717) is 23.6 Å². The number of fused-ring (bicyclic) bond motifs is 1. The molecule has 5 nitrogen and oxygen atoms in total. The zero-order valence-corrected chi connectivity index (χ0v) is 15.1. The fourth-order valence-electron chi connectivity index (χ4n) is 2.81. The predicted molar refractivity (Wildman–Crippen MR) is 98.4 cm³/mol. The Hall–Kier alpha value is -2.31. The van der Waals surface area contributed by atoms with Crippen molar-refractivity contribution < 1.29 is 19.1 Å². The van der Waals surface area contributed by atoms with E-state index in [2.05, 4.69) is 10.7 Å². The van der Waals surface area contributed by atoms with Gasteiger partial charge in [-0.05, 0) is 47.9 Å². The molecule has 25 heavy (non-hydrogen) atoms. The van der Waals surface area contributed by atoms with Gasteiger partial charge in [0.15, 0.2) is 5.76 Å². The molecule has 0 fully saturated rings. The maximum Gasteiger partial charge on any atom is 0.287 e. The number of aliphatic hydroxyl groups is 1. The van der Waals surface area contributed by atoms with E-state index in [1.165, 1.54) is 5.56 Å². The average molecular weight is 359 g/mol. The summed E-state index contributed by atoms with van der Waals surface area (Å²) in [7, 11) is 1.59. The Balaban J connectivity index is 1.70. The molecule has 1 amide bonds. The Bertz CT molecular complexity index is 854. The highest BCUT2D eigenvalue weighted by molar-refractivity contribution is 7.07. The molecule has 0 spiro atoms. The number of carbonyl (C=O) groups excluding carboxylic acids is 1. The van der Waals surface area contributed by atoms with Crippen LogP contribution in [0.3, 0.4) is 0 Å². The topological polar surface area (TPSA) is 71.7 Å². The highest BCUT2D eigenvalue weighted by Crippen LogP contribution is 2.28. The standard InChI is InChI=1S/C19H21NO4S/c1-12-16-4-3-15(23-2)8-17(16)24-18(12)19(22)20-9-14(10-21)7-13-5-6-25-11-13/h3-6,8,11,14,21H,7,9-10H2,1-2H3,(H,20,22)/t14-/m0/s1. The van der Waals surface area contributed by atoms with E-state index in [4.69, 9.17) is 9.15 Å². The molecule has 0 aliphatic rings. The summed E-state index contributed by atoms with van der Waals surface area (Å²) in [4.78, 5) is 12.5. The number of furan rings is 1. The van der Waals surface area contributed by atoms with E-state index < -0.39 is 0 Å². The van der Waals surface area contributed by atoms with Crippen molar-refractivity contribution in [2.75, 3.05) is 20.3 Å². The second kappa shape index (κ2) is 7.72. The Morgan fingerprint density at radius 2 is 2.24 bits per heavy atom. The van der Waals surface area contributed by atoms with Crippen LogP contribution in [0.2, 0.25) is 0 Å². The van der Waals surface area contributed by atoms with Gasteiger partial charge in [-0.1, -0.05) is 0 Å². The third-order valence-electron chi connectivity index (χ3n) is 4.27. The lowest BCUT2D eigenvalue weighted by Gasteiger charge is -2.14. The van der Waals surface area contributed by atoms with Crippen LogP contribution in [0.5, 0.6) is 5.75 Å². The number of hydrogen-bond acceptors (Lipinski definition) is 5. The summed E-state index contributed by atoms with van der Waals surface area (Å²) < 4.78 is 10.9. The molecule has 0 saturated heterocycles. The number of thiophene rings is 1. The molecule has 1 atom stereocenters. The predicted octanol–water partition coefficient (Wildman–Crippen LogP) is 3.39. The minimum atomic E-state index is -0.267. The molecule has 0 bridgehead atoms. The summed E-state index contributed by atoms with van der Waals surface area (Å²) in [5.41, 5.74) is 2.60. The average Bonchev–Trinajstić information content (AvgIpc) is 3.25. The van der Waals surface area contributed by atoms with E-state index in [1.54, 1.807) is 24.5 Å². The number of hydrogen-bond donors (Lipinski definition) is 2. The second-order valence-corrected chi connectivity index (χ2v) is 6.79. The molecule has 2 N–H and O–H groups in total. The van der Waals surface area contributed by atoms with Crippen molar-refractivity contribution in [1.82, 2.24) is 5.32 Å². The molecule has 2 aromatic heterocycles. The van der Waals surface area contributed by atoms with Crippen molar-refractivity contribution in [3.63, 3.8) is 0 Å². The number of benzene rings is 1. The lowest BCUT2D eigenvalue weighted by molar-refractivity contribution is 0.0913. The summed E-state index contributed by atoms with van der Waals surface area (Å²) in [6, 6.07) is 7.53. The van der Waals surface area contributed by atoms with Gasteiger partial charge in [-0.2, -0.15) is 11.3 Å². The Morgan fingerprint density at radius 3 is 2.92 bits per heavy atom. The summed E-state index contributed by atoms with van der Waals surface area (Å²) in [5, 5.41) is 17.4. The number of rotatable bonds is 7. The molecule has 132 valence electrons. The van der Waals surface area contributed by atoms with Crippen LogP contribution in [0.25, 0.3) is 11.0 Å². The van der Waals surface area contributed by atoms with E-state index in [1.807, 2.05) is 30.5 Å². The lowest BCUT2D eigenvalue weighted by atomic mass is 10.0. The molecular weight excluding hydrogens is 338 g/mol. The SMILES string of the molecule is COc1ccc2c(C)c(C(=O)NC[C@@H](CO)Cc3ccsc3)oc2c1. The fraction of sp³-hybridized carbons (Fsp3) is 0.316. The zero-order chi connectivity index (χ0) is 17.8. The van der Waals surface area contributed by atoms with Crippen LogP contribution in [0.1, 0.15) is 21.7 Å². The van der Waals surface area contributed by atoms with Crippen LogP contribution < -0.4 is 10.1 Å². The number of nitrogens with one attached hydrogen (secondary N) is 1. The van der Waals surface area contributed by atoms with Crippen molar-refractivity contribution in [2.45, 2.75) is 13.3 Å². The molecule has 6 heteroatoms. The van der Waals surface area contributed by atoms with Crippen molar-refractivity contribution >= 4 is 28.2 Å². The molecule has 0 saturated carbocycles. The van der Waals surface area contributed by atoms with Gasteiger partial charge >= 0.3 is 0 Å². The quantitative estimate of drug-likeness (QED) is 0.678. The molecular formula is C19H21NO4S. The molecule has 0 radical (unpaired) electrons. The lowest BCUT2D eigenvalue weighted by Crippen LogP contribution is -2.31. The van der Waals surface area contributed by atoms with Crippen molar-refractivity contribution in [3.05, 3.63) is 51.9 Å². The molecule has 0 aliphatic carbocycles. The van der Waals surface area contributed by atoms with Crippen molar-refractivity contribution in [3.8, 4) is 5.75 Å². The summed E-state index contributed by atoms with van der Waals surface area (Å²) in [6.07, 6.45) is 0.733. The van der Waals surface area contributed by atoms with Gasteiger partial charge in [-0.15, -0.1) is 0 Å². The van der Waals surface area contributed by atoms with Crippen LogP contribution in [-0.2, 0) is 6.42 Å². The monoisotopic (exact) mass is 359 g/mol. The van der Waals surface area contributed by atoms with Gasteiger partial charge in [-0.3, -0.25) is 4.79 Å². The van der Waals surface area contributed by atoms with Crippen molar-refractivity contribution in [1.29, 1.82) is 0 Å². The van der Waals surface area contributed by atoms with Crippen LogP contribution in [0.15, 0.2) is 39.4 Å². The highest BCUT2D eigenvalue weighted by Gasteiger charge is 2.19. The van der Waals surface area contributed by atoms with Gasteiger partial charge in [0, 0.05) is 36.1 Å². The summed E-state index contributed by atoms with van der Waals surface area (Å²) >= 11 is 1.63. The highest BCUT2D eigenvalue weighted by atomic mass is 32.1. The van der Waals surface area contributed by atoms with Gasteiger partial charge in [-0.25, -0.2) is 0 Å². The van der Waals surface area contributed by atoms with E-state index in [-0.39, 0.29) is 18.4 Å². The van der Waals surface area contributed by atoms with E-state index in [9.17, 15) is 9.90 Å². The molecule has 0 unspecified atom stereocenters. The van der Waals surface area contributed by atoms with Crippen molar-refractivity contribution in [2.24, 2.45) is 5.92 Å². The Labute approximate surface area is 150 Å². The summed E-state index contributed by atoms with van der Waals surface area (Å²) in [5.74, 6) is 0.694. The van der Waals surface area contributed by atoms with Crippen LogP contribution in [0.4, 0.5) is 0 Å². The normalized spacial score (nSPS) is 12.3. The van der Waals surface area contributed by atoms with Crippen LogP contribution in [-0.4, -0.2) is 31.3 Å². The Kier molecular flexibility index (Phi) is 5.40. The van der Waals surface area contributed by atoms with Gasteiger partial charge in [0.05, 0.1) is 7.11 Å². The van der Waals surface area contributed by atoms with Gasteiger partial charge < -0.3 is 19.6 Å². The minimum absolute atomic E-state index is 0.0203. The first kappa shape index (κ1) is 17.5. The molecule has 3 rings (SSSR count). The molecule has 0 aliphatic heterocycles. The summed E-state index contributed by atoms with van der Waals surface area (Å²) in [6.45, 7) is 2.28. The van der Waals surface area contributed by atoms with Gasteiger partial charge in [0.25, 0.3) is 5.91 Å². The number of aliphatic hydroxyl groups excluding tert-OH is 1. The fourth-order valence-corrected chi connectivity index (χ4v) is 3.49. The maximum atomic E-state index is 12.5. The smallest absolute Gasteiger partial charge is 0.287 e. The Morgan fingerprint density at radius 1 is 1.40 bits per heavy atom. The van der Waals surface area contributed by atoms with E-state index in [0.717, 1.165) is 17.4 Å². The first-order chi connectivity index (χ1) is 12.1. The van der Waals surface area contributed by atoms with Crippen LogP contribution >= 0.6 is 11.3 Å². The first-order valence-corrected chi connectivity index (χ1v) is 9.04. The molecule has 1 aromatic carbocycles. The molecule has 2 heterocycles. The number of ether oxygens (including phenoxy) is 1. The maximum absolute atomic E-state index is 12.5. The van der Waals surface area contributed by atoms with E-state index >= 15 is 0 Å². The number of aryl methyl sites for hydroxylation is 1. The third-order valence-corrected chi connectivity index (χ3v) is 5.00. The number of carbonyl (C=O) groups is 1. The van der Waals surface area contributed by atoms with Gasteiger partial charge in [0.1, 0.15) is 11.3 Å². The van der Waals surface area contributed by atoms with Crippen LogP contribution in [0, 0.1) is 12.8 Å². The number of amides is 1. The number of methoxy groups -OCH3 is 1.